The number of pyridine rings is 1. The van der Waals surface area contributed by atoms with Crippen molar-refractivity contribution in [2.45, 2.75) is 46.7 Å². The van der Waals surface area contributed by atoms with Crippen LogP contribution in [0.3, 0.4) is 0 Å². The van der Waals surface area contributed by atoms with E-state index < -0.39 is 11.9 Å². The van der Waals surface area contributed by atoms with Crippen LogP contribution in [0.5, 0.6) is 0 Å². The number of anilines is 1. The van der Waals surface area contributed by atoms with Gasteiger partial charge in [0.25, 0.3) is 11.5 Å². The van der Waals surface area contributed by atoms with Crippen molar-refractivity contribution in [2.24, 2.45) is 0 Å². The number of aromatic amines is 1. The lowest BCUT2D eigenvalue weighted by Crippen LogP contribution is -2.37. The Bertz CT molecular complexity index is 1470. The normalized spacial score (nSPS) is 13.0. The van der Waals surface area contributed by atoms with Crippen LogP contribution in [-0.4, -0.2) is 97.8 Å². The van der Waals surface area contributed by atoms with Gasteiger partial charge in [-0.3, -0.25) is 14.4 Å². The summed E-state index contributed by atoms with van der Waals surface area (Å²) in [4.78, 5) is 53.5. The van der Waals surface area contributed by atoms with Crippen LogP contribution < -0.4 is 16.2 Å². The lowest BCUT2D eigenvalue weighted by atomic mass is 9.93. The van der Waals surface area contributed by atoms with E-state index >= 15 is 0 Å². The zero-order valence-electron chi connectivity index (χ0n) is 26.3. The van der Waals surface area contributed by atoms with Gasteiger partial charge >= 0.3 is 5.97 Å². The fourth-order valence-electron chi connectivity index (χ4n) is 4.88. The first-order valence-corrected chi connectivity index (χ1v) is 14.8. The molecule has 244 valence electrons. The average Bonchev–Trinajstić information content (AvgIpc) is 2.98. The standard InChI is InChI=1S/C32H43N5O8/c1-20(2)35-28-15-24(14-25(26(28)16-33)31(41)34-17-27-21(3)13-22(4)36-32(27)42)23-5-7-37(8-6-23)29(38)18-44-11-9-43-10-12-45-19-30(39)40/h5,13-16,20,33,35H,6-12,17-19H2,1-4H3,(H,34,41)(H,36,42)(H,39,40). The predicted octanol–water partition coefficient (Wildman–Crippen LogP) is 2.49. The Hall–Kier alpha value is -4.33. The highest BCUT2D eigenvalue weighted by molar-refractivity contribution is 6.06. The smallest absolute Gasteiger partial charge is 0.329 e. The summed E-state index contributed by atoms with van der Waals surface area (Å²) in [5.41, 5.74) is 4.94. The predicted molar refractivity (Wildman–Crippen MR) is 170 cm³/mol. The number of H-pyrrole nitrogens is 1. The number of rotatable bonds is 17. The summed E-state index contributed by atoms with van der Waals surface area (Å²) in [6, 6.07) is 5.58. The molecule has 0 fully saturated rings. The maximum absolute atomic E-state index is 13.5. The Morgan fingerprint density at radius 1 is 1.07 bits per heavy atom. The first-order valence-electron chi connectivity index (χ1n) is 14.8. The SMILES string of the molecule is Cc1cc(C)c(CNC(=O)c2cc(C3=CCN(C(=O)COCCOCCOCC(=O)O)CC3)cc(NC(C)C)c2C=N)c(=O)[nH]1. The first kappa shape index (κ1) is 35.2. The molecule has 45 heavy (non-hydrogen) atoms. The number of aryl methyl sites for hydroxylation is 2. The van der Waals surface area contributed by atoms with Crippen LogP contribution >= 0.6 is 0 Å². The van der Waals surface area contributed by atoms with Crippen molar-refractivity contribution in [3.63, 3.8) is 0 Å². The third-order valence-electron chi connectivity index (χ3n) is 7.06. The zero-order chi connectivity index (χ0) is 32.9. The number of carboxylic acid groups (broad SMARTS) is 1. The third kappa shape index (κ3) is 10.7. The van der Waals surface area contributed by atoms with Crippen molar-refractivity contribution in [1.29, 1.82) is 5.41 Å². The Balaban J connectivity index is 1.64. The number of amides is 2. The molecule has 2 amide bonds. The van der Waals surface area contributed by atoms with E-state index in [1.807, 2.05) is 39.0 Å². The van der Waals surface area contributed by atoms with Crippen LogP contribution in [0, 0.1) is 19.3 Å². The van der Waals surface area contributed by atoms with E-state index in [2.05, 4.69) is 15.6 Å². The van der Waals surface area contributed by atoms with Crippen LogP contribution in [0.2, 0.25) is 0 Å². The van der Waals surface area contributed by atoms with Gasteiger partial charge in [0.2, 0.25) is 5.91 Å². The number of hydrogen-bond donors (Lipinski definition) is 5. The number of carboxylic acids is 1. The van der Waals surface area contributed by atoms with E-state index in [4.69, 9.17) is 24.7 Å². The molecule has 2 aromatic rings. The summed E-state index contributed by atoms with van der Waals surface area (Å²) in [7, 11) is 0. The van der Waals surface area contributed by atoms with Gasteiger partial charge in [-0.15, -0.1) is 0 Å². The van der Waals surface area contributed by atoms with Crippen molar-refractivity contribution in [2.75, 3.05) is 58.0 Å². The lowest BCUT2D eigenvalue weighted by molar-refractivity contribution is -0.142. The minimum Gasteiger partial charge on any atom is -0.480 e. The molecule has 1 aromatic carbocycles. The van der Waals surface area contributed by atoms with E-state index in [0.717, 1.165) is 28.6 Å². The highest BCUT2D eigenvalue weighted by Crippen LogP contribution is 2.30. The number of ether oxygens (including phenoxy) is 3. The second-order valence-corrected chi connectivity index (χ2v) is 11.0. The molecular formula is C32H43N5O8. The molecule has 0 atom stereocenters. The van der Waals surface area contributed by atoms with Gasteiger partial charge in [-0.25, -0.2) is 4.79 Å². The molecule has 0 aliphatic carbocycles. The molecule has 0 unspecified atom stereocenters. The van der Waals surface area contributed by atoms with Crippen LogP contribution in [0.15, 0.2) is 29.1 Å². The topological polar surface area (TPSA) is 183 Å². The van der Waals surface area contributed by atoms with E-state index in [-0.39, 0.29) is 63.7 Å². The maximum atomic E-state index is 13.5. The molecule has 0 radical (unpaired) electrons. The van der Waals surface area contributed by atoms with Gasteiger partial charge in [-0.05, 0) is 69.0 Å². The third-order valence-corrected chi connectivity index (χ3v) is 7.06. The summed E-state index contributed by atoms with van der Waals surface area (Å²) in [5.74, 6) is -1.59. The number of benzene rings is 1. The van der Waals surface area contributed by atoms with E-state index in [1.165, 1.54) is 0 Å². The first-order chi connectivity index (χ1) is 21.5. The molecule has 0 bridgehead atoms. The summed E-state index contributed by atoms with van der Waals surface area (Å²) in [5, 5.41) is 22.8. The molecule has 5 N–H and O–H groups in total. The van der Waals surface area contributed by atoms with Crippen LogP contribution in [0.4, 0.5) is 5.69 Å². The Morgan fingerprint density at radius 2 is 1.76 bits per heavy atom. The van der Waals surface area contributed by atoms with Crippen molar-refractivity contribution in [3.8, 4) is 0 Å². The van der Waals surface area contributed by atoms with Crippen LogP contribution in [0.25, 0.3) is 5.57 Å². The van der Waals surface area contributed by atoms with Gasteiger partial charge in [0.1, 0.15) is 13.2 Å². The lowest BCUT2D eigenvalue weighted by Gasteiger charge is -2.27. The van der Waals surface area contributed by atoms with Crippen molar-refractivity contribution in [1.82, 2.24) is 15.2 Å². The molecule has 3 rings (SSSR count). The van der Waals surface area contributed by atoms with Gasteiger partial charge in [-0.1, -0.05) is 6.08 Å². The average molecular weight is 626 g/mol. The summed E-state index contributed by atoms with van der Waals surface area (Å²) in [6.07, 6.45) is 3.67. The number of carbonyl (C=O) groups is 3. The van der Waals surface area contributed by atoms with E-state index in [1.54, 1.807) is 17.9 Å². The number of hydrogen-bond acceptors (Lipinski definition) is 9. The second-order valence-electron chi connectivity index (χ2n) is 11.0. The number of nitrogens with one attached hydrogen (secondary N) is 4. The monoisotopic (exact) mass is 625 g/mol. The number of aromatic nitrogens is 1. The summed E-state index contributed by atoms with van der Waals surface area (Å²) < 4.78 is 15.6. The Morgan fingerprint density at radius 3 is 2.36 bits per heavy atom. The van der Waals surface area contributed by atoms with Crippen molar-refractivity contribution >= 4 is 35.3 Å². The fraction of sp³-hybridized carbons (Fsp3) is 0.469. The molecule has 1 aliphatic rings. The molecule has 13 nitrogen and oxygen atoms in total. The van der Waals surface area contributed by atoms with E-state index in [0.29, 0.717) is 41.9 Å². The fourth-order valence-corrected chi connectivity index (χ4v) is 4.88. The molecule has 0 spiro atoms. The molecule has 0 saturated heterocycles. The number of nitrogens with zero attached hydrogens (tertiary/aromatic N) is 1. The zero-order valence-corrected chi connectivity index (χ0v) is 26.3. The quantitative estimate of drug-likeness (QED) is 0.130. The highest BCUT2D eigenvalue weighted by atomic mass is 16.5. The van der Waals surface area contributed by atoms with Crippen molar-refractivity contribution in [3.05, 3.63) is 68.1 Å². The summed E-state index contributed by atoms with van der Waals surface area (Å²) >= 11 is 0. The van der Waals surface area contributed by atoms with Crippen molar-refractivity contribution < 1.29 is 33.7 Å². The maximum Gasteiger partial charge on any atom is 0.329 e. The largest absolute Gasteiger partial charge is 0.480 e. The van der Waals surface area contributed by atoms with Gasteiger partial charge in [0.05, 0.1) is 32.0 Å². The molecule has 0 saturated carbocycles. The summed E-state index contributed by atoms with van der Waals surface area (Å²) in [6.45, 7) is 8.87. The Kier molecular flexibility index (Phi) is 13.5. The molecule has 13 heteroatoms. The van der Waals surface area contributed by atoms with E-state index in [9.17, 15) is 19.2 Å². The van der Waals surface area contributed by atoms with Crippen LogP contribution in [-0.2, 0) is 30.3 Å². The molecule has 1 aliphatic heterocycles. The highest BCUT2D eigenvalue weighted by Gasteiger charge is 2.22. The molecule has 1 aromatic heterocycles. The second kappa shape index (κ2) is 17.2. The van der Waals surface area contributed by atoms with Gasteiger partial charge in [0, 0.05) is 54.4 Å². The van der Waals surface area contributed by atoms with Gasteiger partial charge in [0.15, 0.2) is 0 Å². The molecular weight excluding hydrogens is 582 g/mol. The minimum atomic E-state index is -1.04. The van der Waals surface area contributed by atoms with Crippen LogP contribution in [0.1, 0.15) is 58.6 Å². The Labute approximate surface area is 262 Å². The van der Waals surface area contributed by atoms with Gasteiger partial charge in [-0.2, -0.15) is 0 Å². The van der Waals surface area contributed by atoms with Gasteiger partial charge < -0.3 is 45.2 Å². The number of aliphatic carboxylic acids is 1. The number of carbonyl (C=O) groups excluding carboxylic acids is 2. The minimum absolute atomic E-state index is 0.0457. The molecule has 2 heterocycles.